The molecule has 134 valence electrons. The Morgan fingerprint density at radius 3 is 2.65 bits per heavy atom. The molecule has 3 aromatic rings. The number of carbonyl (C=O) groups is 2. The lowest BCUT2D eigenvalue weighted by Gasteiger charge is -2.11. The lowest BCUT2D eigenvalue weighted by molar-refractivity contribution is 0.0601. The number of benzene rings is 2. The number of anilines is 1. The summed E-state index contributed by atoms with van der Waals surface area (Å²) in [5, 5.41) is 3.23. The largest absolute Gasteiger partial charge is 0.496 e. The first-order chi connectivity index (χ1) is 12.4. The number of nitrogens with one attached hydrogen (secondary N) is 1. The van der Waals surface area contributed by atoms with Crippen LogP contribution in [-0.2, 0) is 4.74 Å². The number of aryl methyl sites for hydroxylation is 1. The van der Waals surface area contributed by atoms with Gasteiger partial charge in [0, 0.05) is 4.47 Å². The maximum Gasteiger partial charge on any atom is 0.337 e. The highest BCUT2D eigenvalue weighted by molar-refractivity contribution is 9.10. The second kappa shape index (κ2) is 7.43. The van der Waals surface area contributed by atoms with Crippen LogP contribution in [-0.4, -0.2) is 31.1 Å². The number of carbonyl (C=O) groups excluding carboxylic acids is 2. The molecule has 0 radical (unpaired) electrons. The fourth-order valence-electron chi connectivity index (χ4n) is 2.56. The first kappa shape index (κ1) is 18.3. The number of rotatable bonds is 4. The van der Waals surface area contributed by atoms with Crippen molar-refractivity contribution in [1.29, 1.82) is 0 Å². The fourth-order valence-corrected chi connectivity index (χ4v) is 4.03. The molecule has 1 amide bonds. The Bertz CT molecular complexity index is 1020. The van der Waals surface area contributed by atoms with Gasteiger partial charge in [0.25, 0.3) is 5.91 Å². The molecule has 0 spiro atoms. The molecular weight excluding hydrogens is 420 g/mol. The van der Waals surface area contributed by atoms with Crippen molar-refractivity contribution >= 4 is 54.5 Å². The highest BCUT2D eigenvalue weighted by Crippen LogP contribution is 2.31. The Kier molecular flexibility index (Phi) is 5.24. The summed E-state index contributed by atoms with van der Waals surface area (Å²) in [6.07, 6.45) is 0. The Hall–Kier alpha value is -2.45. The van der Waals surface area contributed by atoms with Crippen LogP contribution >= 0.6 is 27.3 Å². The topological polar surface area (TPSA) is 77.5 Å². The predicted octanol–water partition coefficient (Wildman–Crippen LogP) is 4.41. The fraction of sp³-hybridized carbons (Fsp3) is 0.167. The monoisotopic (exact) mass is 434 g/mol. The van der Waals surface area contributed by atoms with E-state index in [-0.39, 0.29) is 5.91 Å². The lowest BCUT2D eigenvalue weighted by Crippen LogP contribution is -2.13. The summed E-state index contributed by atoms with van der Waals surface area (Å²) < 4.78 is 11.6. The summed E-state index contributed by atoms with van der Waals surface area (Å²) in [6.45, 7) is 1.87. The third-order valence-electron chi connectivity index (χ3n) is 3.72. The molecule has 0 saturated heterocycles. The molecule has 0 atom stereocenters. The van der Waals surface area contributed by atoms with Crippen molar-refractivity contribution in [3.8, 4) is 5.75 Å². The van der Waals surface area contributed by atoms with E-state index >= 15 is 0 Å². The molecule has 0 aliphatic heterocycles. The van der Waals surface area contributed by atoms with Crippen LogP contribution in [0.3, 0.4) is 0 Å². The number of hydrogen-bond donors (Lipinski definition) is 1. The van der Waals surface area contributed by atoms with Gasteiger partial charge in [-0.25, -0.2) is 9.78 Å². The molecule has 2 aromatic carbocycles. The number of ether oxygens (including phenoxy) is 2. The first-order valence-corrected chi connectivity index (χ1v) is 9.18. The minimum Gasteiger partial charge on any atom is -0.496 e. The van der Waals surface area contributed by atoms with E-state index in [0.717, 1.165) is 14.7 Å². The second-order valence-corrected chi connectivity index (χ2v) is 7.40. The maximum absolute atomic E-state index is 12.7. The van der Waals surface area contributed by atoms with Crippen molar-refractivity contribution in [2.75, 3.05) is 19.5 Å². The van der Waals surface area contributed by atoms with Crippen LogP contribution in [0.4, 0.5) is 5.13 Å². The van der Waals surface area contributed by atoms with Crippen LogP contribution in [0.15, 0.2) is 34.8 Å². The third-order valence-corrected chi connectivity index (χ3v) is 5.11. The van der Waals surface area contributed by atoms with E-state index in [9.17, 15) is 9.59 Å². The maximum atomic E-state index is 12.7. The average Bonchev–Trinajstić information content (AvgIpc) is 3.01. The zero-order valence-corrected chi connectivity index (χ0v) is 16.7. The minimum absolute atomic E-state index is 0.321. The molecule has 1 N–H and O–H groups in total. The number of nitrogens with zero attached hydrogens (tertiary/aromatic N) is 1. The van der Waals surface area contributed by atoms with E-state index in [1.807, 2.05) is 13.0 Å². The highest BCUT2D eigenvalue weighted by atomic mass is 79.9. The molecule has 26 heavy (non-hydrogen) atoms. The van der Waals surface area contributed by atoms with E-state index in [4.69, 9.17) is 9.47 Å². The summed E-state index contributed by atoms with van der Waals surface area (Å²) in [5.41, 5.74) is 2.38. The van der Waals surface area contributed by atoms with E-state index < -0.39 is 5.97 Å². The predicted molar refractivity (Wildman–Crippen MR) is 104 cm³/mol. The number of fused-ring (bicyclic) bond motifs is 1. The summed E-state index contributed by atoms with van der Waals surface area (Å²) in [4.78, 5) is 28.7. The minimum atomic E-state index is -0.416. The lowest BCUT2D eigenvalue weighted by atomic mass is 10.1. The van der Waals surface area contributed by atoms with Crippen LogP contribution in [0.25, 0.3) is 10.2 Å². The van der Waals surface area contributed by atoms with Crippen LogP contribution < -0.4 is 10.1 Å². The van der Waals surface area contributed by atoms with Gasteiger partial charge in [-0.15, -0.1) is 0 Å². The van der Waals surface area contributed by atoms with Gasteiger partial charge >= 0.3 is 5.97 Å². The molecule has 3 rings (SSSR count). The molecule has 1 aromatic heterocycles. The summed E-state index contributed by atoms with van der Waals surface area (Å²) in [7, 11) is 2.86. The number of methoxy groups -OCH3 is 2. The SMILES string of the molecule is COC(=O)c1ccc2nc(NC(=O)c3cc(Br)cc(C)c3OC)sc2c1. The Morgan fingerprint density at radius 1 is 1.19 bits per heavy atom. The zero-order chi connectivity index (χ0) is 18.8. The second-order valence-electron chi connectivity index (χ2n) is 5.45. The van der Waals surface area contributed by atoms with Gasteiger partial charge in [-0.1, -0.05) is 27.3 Å². The van der Waals surface area contributed by atoms with E-state index in [2.05, 4.69) is 26.2 Å². The number of halogens is 1. The van der Waals surface area contributed by atoms with E-state index in [0.29, 0.717) is 27.5 Å². The zero-order valence-electron chi connectivity index (χ0n) is 14.3. The molecule has 0 saturated carbocycles. The Labute approximate surface area is 162 Å². The quantitative estimate of drug-likeness (QED) is 0.615. The van der Waals surface area contributed by atoms with Gasteiger partial charge in [0.05, 0.1) is 35.6 Å². The van der Waals surface area contributed by atoms with Gasteiger partial charge in [0.2, 0.25) is 0 Å². The van der Waals surface area contributed by atoms with Crippen molar-refractivity contribution in [2.45, 2.75) is 6.92 Å². The smallest absolute Gasteiger partial charge is 0.337 e. The van der Waals surface area contributed by atoms with E-state index in [1.54, 1.807) is 24.3 Å². The molecule has 0 aliphatic rings. The Morgan fingerprint density at radius 2 is 1.96 bits per heavy atom. The van der Waals surface area contributed by atoms with Crippen LogP contribution in [0, 0.1) is 6.92 Å². The molecule has 8 heteroatoms. The number of thiazole rings is 1. The molecule has 1 heterocycles. The third kappa shape index (κ3) is 3.56. The molecule has 0 bridgehead atoms. The van der Waals surface area contributed by atoms with Crippen molar-refractivity contribution in [2.24, 2.45) is 0 Å². The van der Waals surface area contributed by atoms with Crippen molar-refractivity contribution in [3.63, 3.8) is 0 Å². The van der Waals surface area contributed by atoms with Crippen molar-refractivity contribution in [3.05, 3.63) is 51.5 Å². The van der Waals surface area contributed by atoms with E-state index in [1.165, 1.54) is 25.6 Å². The summed E-state index contributed by atoms with van der Waals surface area (Å²) in [5.74, 6) is -0.224. The molecular formula is C18H15BrN2O4S. The summed E-state index contributed by atoms with van der Waals surface area (Å²) in [6, 6.07) is 8.63. The summed E-state index contributed by atoms with van der Waals surface area (Å²) >= 11 is 4.67. The van der Waals surface area contributed by atoms with Gasteiger partial charge in [0.1, 0.15) is 5.75 Å². The van der Waals surface area contributed by atoms with Crippen molar-refractivity contribution in [1.82, 2.24) is 4.98 Å². The average molecular weight is 435 g/mol. The molecule has 0 aliphatic carbocycles. The Balaban J connectivity index is 1.92. The number of amides is 1. The number of hydrogen-bond acceptors (Lipinski definition) is 6. The van der Waals surface area contributed by atoms with Gasteiger partial charge in [-0.2, -0.15) is 0 Å². The van der Waals surface area contributed by atoms with Crippen LogP contribution in [0.2, 0.25) is 0 Å². The number of aromatic nitrogens is 1. The van der Waals surface area contributed by atoms with Crippen LogP contribution in [0.1, 0.15) is 26.3 Å². The molecule has 0 fully saturated rings. The van der Waals surface area contributed by atoms with Gasteiger partial charge < -0.3 is 9.47 Å². The van der Waals surface area contributed by atoms with Gasteiger partial charge in [-0.3, -0.25) is 10.1 Å². The molecule has 0 unspecified atom stereocenters. The standard InChI is InChI=1S/C18H15BrN2O4S/c1-9-6-11(19)8-12(15(9)24-2)16(22)21-18-20-13-5-4-10(17(23)25-3)7-14(13)26-18/h4-8H,1-3H3,(H,20,21,22). The highest BCUT2D eigenvalue weighted by Gasteiger charge is 2.18. The van der Waals surface area contributed by atoms with Crippen molar-refractivity contribution < 1.29 is 19.1 Å². The van der Waals surface area contributed by atoms with Gasteiger partial charge in [0.15, 0.2) is 5.13 Å². The normalized spacial score (nSPS) is 10.6. The molecule has 6 nitrogen and oxygen atoms in total. The first-order valence-electron chi connectivity index (χ1n) is 7.57. The van der Waals surface area contributed by atoms with Gasteiger partial charge in [-0.05, 0) is 42.8 Å². The number of esters is 1. The van der Waals surface area contributed by atoms with Crippen LogP contribution in [0.5, 0.6) is 5.75 Å².